The molecule has 1 N–H and O–H groups in total. The number of carbonyl (C=O) groups excluding carboxylic acids is 1. The number of rotatable bonds is 6. The Morgan fingerprint density at radius 3 is 2.61 bits per heavy atom. The number of hydrogen-bond acceptors (Lipinski definition) is 4. The molecule has 5 rings (SSSR count). The molecule has 2 heterocycles. The molecule has 0 saturated carbocycles. The first kappa shape index (κ1) is 20.9. The third-order valence-electron chi connectivity index (χ3n) is 5.85. The van der Waals surface area contributed by atoms with Crippen molar-refractivity contribution in [1.29, 1.82) is 0 Å². The molecule has 6 nitrogen and oxygen atoms in total. The summed E-state index contributed by atoms with van der Waals surface area (Å²) in [5, 5.41) is 11.8. The number of hydrogen-bond donors (Lipinski definition) is 1. The van der Waals surface area contributed by atoms with Crippen molar-refractivity contribution in [3.63, 3.8) is 0 Å². The van der Waals surface area contributed by atoms with Crippen LogP contribution in [-0.2, 0) is 19.6 Å². The van der Waals surface area contributed by atoms with Gasteiger partial charge in [-0.25, -0.2) is 0 Å². The van der Waals surface area contributed by atoms with Crippen molar-refractivity contribution in [2.24, 2.45) is 0 Å². The molecule has 0 saturated heterocycles. The lowest BCUT2D eigenvalue weighted by molar-refractivity contribution is 0.102. The van der Waals surface area contributed by atoms with E-state index in [1.165, 1.54) is 6.42 Å². The van der Waals surface area contributed by atoms with Crippen molar-refractivity contribution in [1.82, 2.24) is 14.8 Å². The molecule has 0 aliphatic carbocycles. The van der Waals surface area contributed by atoms with Crippen LogP contribution in [0.2, 0.25) is 0 Å². The van der Waals surface area contributed by atoms with Crippen LogP contribution in [0.15, 0.2) is 78.9 Å². The van der Waals surface area contributed by atoms with Gasteiger partial charge in [0.2, 0.25) is 0 Å². The van der Waals surface area contributed by atoms with E-state index in [1.54, 1.807) is 0 Å². The molecule has 1 aliphatic rings. The number of nitrogens with one attached hydrogen (secondary N) is 1. The van der Waals surface area contributed by atoms with E-state index in [0.717, 1.165) is 60.0 Å². The van der Waals surface area contributed by atoms with E-state index in [-0.39, 0.29) is 5.91 Å². The van der Waals surface area contributed by atoms with Crippen molar-refractivity contribution < 1.29 is 9.53 Å². The minimum Gasteiger partial charge on any atom is -0.489 e. The van der Waals surface area contributed by atoms with Crippen LogP contribution in [0, 0.1) is 0 Å². The highest BCUT2D eigenvalue weighted by Crippen LogP contribution is 2.25. The van der Waals surface area contributed by atoms with Crippen molar-refractivity contribution in [3.05, 3.63) is 95.8 Å². The SMILES string of the molecule is O=C(Nc1cccc(-c2nnc3n2CCCCC3)c1)c1ccc(COc2ccccc2)cc1. The van der Waals surface area contributed by atoms with E-state index >= 15 is 0 Å². The molecule has 33 heavy (non-hydrogen) atoms. The number of fused-ring (bicyclic) bond motifs is 1. The third kappa shape index (κ3) is 4.95. The molecule has 3 aromatic carbocycles. The fourth-order valence-electron chi connectivity index (χ4n) is 4.07. The minimum absolute atomic E-state index is 0.150. The monoisotopic (exact) mass is 438 g/mol. The Bertz CT molecular complexity index is 1230. The molecule has 166 valence electrons. The first-order valence-corrected chi connectivity index (χ1v) is 11.4. The summed E-state index contributed by atoms with van der Waals surface area (Å²) in [7, 11) is 0. The van der Waals surface area contributed by atoms with Crippen molar-refractivity contribution in [3.8, 4) is 17.1 Å². The number of carbonyl (C=O) groups is 1. The lowest BCUT2D eigenvalue weighted by Gasteiger charge is -2.10. The van der Waals surface area contributed by atoms with Crippen LogP contribution in [0.25, 0.3) is 11.4 Å². The normalized spacial score (nSPS) is 13.1. The molecule has 0 fully saturated rings. The van der Waals surface area contributed by atoms with Crippen molar-refractivity contribution >= 4 is 11.6 Å². The minimum atomic E-state index is -0.150. The summed E-state index contributed by atoms with van der Waals surface area (Å²) in [4.78, 5) is 12.8. The van der Waals surface area contributed by atoms with Gasteiger partial charge in [0.15, 0.2) is 5.82 Å². The van der Waals surface area contributed by atoms with Gasteiger partial charge in [-0.05, 0) is 54.8 Å². The van der Waals surface area contributed by atoms with Gasteiger partial charge in [-0.3, -0.25) is 4.79 Å². The molecule has 0 bridgehead atoms. The molecule has 0 unspecified atom stereocenters. The van der Waals surface area contributed by atoms with Crippen LogP contribution < -0.4 is 10.1 Å². The van der Waals surface area contributed by atoms with Crippen LogP contribution in [0.3, 0.4) is 0 Å². The van der Waals surface area contributed by atoms with Gasteiger partial charge in [0.05, 0.1) is 0 Å². The average Bonchev–Trinajstić information content (AvgIpc) is 3.12. The fourth-order valence-corrected chi connectivity index (χ4v) is 4.07. The van der Waals surface area contributed by atoms with Crippen LogP contribution >= 0.6 is 0 Å². The first-order chi connectivity index (χ1) is 16.3. The van der Waals surface area contributed by atoms with Gasteiger partial charge in [-0.2, -0.15) is 0 Å². The molecule has 1 aromatic heterocycles. The second kappa shape index (κ2) is 9.69. The van der Waals surface area contributed by atoms with E-state index in [0.29, 0.717) is 12.2 Å². The second-order valence-electron chi connectivity index (χ2n) is 8.24. The van der Waals surface area contributed by atoms with Crippen LogP contribution in [0.4, 0.5) is 5.69 Å². The number of benzene rings is 3. The van der Waals surface area contributed by atoms with Crippen LogP contribution in [-0.4, -0.2) is 20.7 Å². The highest BCUT2D eigenvalue weighted by molar-refractivity contribution is 6.04. The van der Waals surface area contributed by atoms with Gasteiger partial charge in [-0.1, -0.05) is 48.9 Å². The molecular weight excluding hydrogens is 412 g/mol. The predicted molar refractivity (Wildman–Crippen MR) is 128 cm³/mol. The van der Waals surface area contributed by atoms with Crippen molar-refractivity contribution in [2.75, 3.05) is 5.32 Å². The van der Waals surface area contributed by atoms with Gasteiger partial charge in [-0.15, -0.1) is 10.2 Å². The summed E-state index contributed by atoms with van der Waals surface area (Å²) in [6, 6.07) is 25.0. The first-order valence-electron chi connectivity index (χ1n) is 11.4. The summed E-state index contributed by atoms with van der Waals surface area (Å²) in [6.45, 7) is 1.39. The number of anilines is 1. The number of para-hydroxylation sites is 1. The Morgan fingerprint density at radius 2 is 1.76 bits per heavy atom. The maximum atomic E-state index is 12.8. The van der Waals surface area contributed by atoms with E-state index in [1.807, 2.05) is 78.9 Å². The zero-order valence-electron chi connectivity index (χ0n) is 18.4. The maximum absolute atomic E-state index is 12.8. The summed E-state index contributed by atoms with van der Waals surface area (Å²) < 4.78 is 7.98. The lowest BCUT2D eigenvalue weighted by atomic mass is 10.1. The summed E-state index contributed by atoms with van der Waals surface area (Å²) in [6.07, 6.45) is 4.48. The Morgan fingerprint density at radius 1 is 0.909 bits per heavy atom. The van der Waals surface area contributed by atoms with E-state index in [9.17, 15) is 4.79 Å². The number of ether oxygens (including phenoxy) is 1. The zero-order chi connectivity index (χ0) is 22.5. The molecule has 1 aliphatic heterocycles. The number of aryl methyl sites for hydroxylation is 1. The van der Waals surface area contributed by atoms with Gasteiger partial charge in [0, 0.05) is 29.8 Å². The van der Waals surface area contributed by atoms with E-state index < -0.39 is 0 Å². The molecule has 0 spiro atoms. The lowest BCUT2D eigenvalue weighted by Crippen LogP contribution is -2.12. The van der Waals surface area contributed by atoms with Gasteiger partial charge in [0.1, 0.15) is 18.2 Å². The number of aromatic nitrogens is 3. The molecule has 0 atom stereocenters. The quantitative estimate of drug-likeness (QED) is 0.431. The maximum Gasteiger partial charge on any atom is 0.255 e. The third-order valence-corrected chi connectivity index (χ3v) is 5.85. The summed E-state index contributed by atoms with van der Waals surface area (Å²) >= 11 is 0. The van der Waals surface area contributed by atoms with Gasteiger partial charge < -0.3 is 14.6 Å². The fraction of sp³-hybridized carbons (Fsp3) is 0.222. The van der Waals surface area contributed by atoms with Crippen molar-refractivity contribution in [2.45, 2.75) is 38.8 Å². The van der Waals surface area contributed by atoms with E-state index in [2.05, 4.69) is 20.1 Å². The van der Waals surface area contributed by atoms with Crippen LogP contribution in [0.1, 0.15) is 41.0 Å². The topological polar surface area (TPSA) is 69.0 Å². The molecule has 0 radical (unpaired) electrons. The molecule has 6 heteroatoms. The summed E-state index contributed by atoms with van der Waals surface area (Å²) in [5.74, 6) is 2.59. The number of nitrogens with zero attached hydrogens (tertiary/aromatic N) is 3. The Hall–Kier alpha value is -3.93. The van der Waals surface area contributed by atoms with Gasteiger partial charge in [0.25, 0.3) is 5.91 Å². The Kier molecular flexibility index (Phi) is 6.15. The van der Waals surface area contributed by atoms with Crippen LogP contribution in [0.5, 0.6) is 5.75 Å². The zero-order valence-corrected chi connectivity index (χ0v) is 18.4. The second-order valence-corrected chi connectivity index (χ2v) is 8.24. The molecular formula is C27H26N4O2. The Balaban J connectivity index is 1.25. The van der Waals surface area contributed by atoms with Gasteiger partial charge >= 0.3 is 0 Å². The highest BCUT2D eigenvalue weighted by atomic mass is 16.5. The molecule has 4 aromatic rings. The average molecular weight is 439 g/mol. The highest BCUT2D eigenvalue weighted by Gasteiger charge is 2.16. The smallest absolute Gasteiger partial charge is 0.255 e. The number of amides is 1. The molecule has 1 amide bonds. The largest absolute Gasteiger partial charge is 0.489 e. The predicted octanol–water partition coefficient (Wildman–Crippen LogP) is 5.50. The Labute approximate surface area is 193 Å². The summed E-state index contributed by atoms with van der Waals surface area (Å²) in [5.41, 5.74) is 3.30. The van der Waals surface area contributed by atoms with E-state index in [4.69, 9.17) is 4.74 Å². The standard InChI is InChI=1S/C27H26N4O2/c32-27(21-15-13-20(14-16-21)19-33-24-10-3-1-4-11-24)28-23-9-7-8-22(18-23)26-30-29-25-12-5-2-6-17-31(25)26/h1,3-4,7-11,13-16,18H,2,5-6,12,17,19H2,(H,28,32).